The first-order chi connectivity index (χ1) is 13.9. The molecule has 0 bridgehead atoms. The Bertz CT molecular complexity index is 963. The summed E-state index contributed by atoms with van der Waals surface area (Å²) in [4.78, 5) is 14.3. The number of rotatable bonds is 8. The molecule has 1 N–H and O–H groups in total. The highest BCUT2D eigenvalue weighted by Gasteiger charge is 2.18. The summed E-state index contributed by atoms with van der Waals surface area (Å²) in [6, 6.07) is 14.7. The molecule has 0 radical (unpaired) electrons. The molecule has 0 aliphatic carbocycles. The van der Waals surface area contributed by atoms with E-state index in [1.807, 2.05) is 43.3 Å². The molecular formula is C20H20Cl2N4O2S. The summed E-state index contributed by atoms with van der Waals surface area (Å²) < 4.78 is 5.60. The van der Waals surface area contributed by atoms with Crippen LogP contribution in [0.5, 0.6) is 0 Å². The molecule has 1 atom stereocenters. The van der Waals surface area contributed by atoms with Crippen molar-refractivity contribution in [2.45, 2.75) is 11.3 Å². The number of halogens is 2. The molecule has 0 aliphatic rings. The van der Waals surface area contributed by atoms with Gasteiger partial charge in [-0.05, 0) is 50.0 Å². The third kappa shape index (κ3) is 5.96. The first-order valence-corrected chi connectivity index (χ1v) is 10.6. The molecule has 1 amide bonds. The number of carbonyl (C=O) groups is 1. The Kier molecular flexibility index (Phi) is 7.55. The van der Waals surface area contributed by atoms with Crippen LogP contribution in [0.1, 0.15) is 11.6 Å². The SMILES string of the molecule is CN(C)C(CNC(=O)CSc1nnc(-c2ccc(Cl)cc2)o1)c1ccccc1Cl. The molecule has 0 saturated carbocycles. The Hall–Kier alpha value is -2.06. The van der Waals surface area contributed by atoms with Crippen LogP contribution in [0.15, 0.2) is 58.2 Å². The third-order valence-electron chi connectivity index (χ3n) is 4.20. The van der Waals surface area contributed by atoms with Gasteiger partial charge in [0.2, 0.25) is 11.8 Å². The van der Waals surface area contributed by atoms with Crippen LogP contribution in [0.2, 0.25) is 10.0 Å². The summed E-state index contributed by atoms with van der Waals surface area (Å²) >= 11 is 13.4. The molecule has 152 valence electrons. The highest BCUT2D eigenvalue weighted by atomic mass is 35.5. The standard InChI is InChI=1S/C20H20Cl2N4O2S/c1-26(2)17(15-5-3-4-6-16(15)22)11-23-18(27)12-29-20-25-24-19(28-20)13-7-9-14(21)10-8-13/h3-10,17H,11-12H2,1-2H3,(H,23,27). The Balaban J connectivity index is 1.53. The van der Waals surface area contributed by atoms with Crippen molar-refractivity contribution in [2.75, 3.05) is 26.4 Å². The average molecular weight is 451 g/mol. The number of benzene rings is 2. The van der Waals surface area contributed by atoms with Gasteiger partial charge in [0.25, 0.3) is 5.22 Å². The molecule has 1 unspecified atom stereocenters. The fourth-order valence-corrected chi connectivity index (χ4v) is 3.66. The Morgan fingerprint density at radius 1 is 1.14 bits per heavy atom. The molecular weight excluding hydrogens is 431 g/mol. The van der Waals surface area contributed by atoms with Crippen molar-refractivity contribution >= 4 is 40.9 Å². The second-order valence-corrected chi connectivity index (χ2v) is 8.24. The minimum atomic E-state index is -0.125. The summed E-state index contributed by atoms with van der Waals surface area (Å²) in [6.45, 7) is 0.440. The Morgan fingerprint density at radius 2 is 1.86 bits per heavy atom. The number of nitrogens with one attached hydrogen (secondary N) is 1. The lowest BCUT2D eigenvalue weighted by atomic mass is 10.1. The average Bonchev–Trinajstić information content (AvgIpc) is 3.17. The van der Waals surface area contributed by atoms with E-state index in [1.165, 1.54) is 11.8 Å². The number of amides is 1. The number of thioether (sulfide) groups is 1. The summed E-state index contributed by atoms with van der Waals surface area (Å²) in [6.07, 6.45) is 0. The first-order valence-electron chi connectivity index (χ1n) is 8.84. The van der Waals surface area contributed by atoms with Crippen molar-refractivity contribution in [1.29, 1.82) is 0 Å². The van der Waals surface area contributed by atoms with Crippen LogP contribution in [0.4, 0.5) is 0 Å². The summed E-state index contributed by atoms with van der Waals surface area (Å²) in [5.74, 6) is 0.432. The van der Waals surface area contributed by atoms with Gasteiger partial charge in [0.05, 0.1) is 11.8 Å². The van der Waals surface area contributed by atoms with E-state index >= 15 is 0 Å². The first kappa shape index (κ1) is 21.6. The second-order valence-electron chi connectivity index (χ2n) is 6.47. The highest BCUT2D eigenvalue weighted by molar-refractivity contribution is 7.99. The highest BCUT2D eigenvalue weighted by Crippen LogP contribution is 2.26. The molecule has 0 aliphatic heterocycles. The van der Waals surface area contributed by atoms with Gasteiger partial charge in [0.1, 0.15) is 0 Å². The van der Waals surface area contributed by atoms with Crippen molar-refractivity contribution in [2.24, 2.45) is 0 Å². The van der Waals surface area contributed by atoms with E-state index in [9.17, 15) is 4.79 Å². The summed E-state index contributed by atoms with van der Waals surface area (Å²) in [5, 5.41) is 12.6. The van der Waals surface area contributed by atoms with Crippen molar-refractivity contribution in [3.05, 3.63) is 64.1 Å². The Morgan fingerprint density at radius 3 is 2.55 bits per heavy atom. The largest absolute Gasteiger partial charge is 0.411 e. The van der Waals surface area contributed by atoms with Crippen molar-refractivity contribution < 1.29 is 9.21 Å². The molecule has 9 heteroatoms. The van der Waals surface area contributed by atoms with Gasteiger partial charge in [0.15, 0.2) is 0 Å². The maximum absolute atomic E-state index is 12.3. The van der Waals surface area contributed by atoms with Crippen molar-refractivity contribution in [3.63, 3.8) is 0 Å². The molecule has 0 saturated heterocycles. The van der Waals surface area contributed by atoms with E-state index in [0.29, 0.717) is 27.7 Å². The van der Waals surface area contributed by atoms with Crippen LogP contribution in [0.25, 0.3) is 11.5 Å². The number of hydrogen-bond donors (Lipinski definition) is 1. The molecule has 0 fully saturated rings. The maximum Gasteiger partial charge on any atom is 0.277 e. The smallest absolute Gasteiger partial charge is 0.277 e. The van der Waals surface area contributed by atoms with Crippen LogP contribution < -0.4 is 5.32 Å². The zero-order chi connectivity index (χ0) is 20.8. The number of aromatic nitrogens is 2. The van der Waals surface area contributed by atoms with Crippen LogP contribution >= 0.6 is 35.0 Å². The van der Waals surface area contributed by atoms with Gasteiger partial charge in [-0.3, -0.25) is 4.79 Å². The van der Waals surface area contributed by atoms with E-state index in [4.69, 9.17) is 27.6 Å². The Labute approximate surface area is 183 Å². The van der Waals surface area contributed by atoms with Crippen molar-refractivity contribution in [1.82, 2.24) is 20.4 Å². The minimum absolute atomic E-state index is 0.0300. The summed E-state index contributed by atoms with van der Waals surface area (Å²) in [7, 11) is 3.90. The number of carbonyl (C=O) groups excluding carboxylic acids is 1. The molecule has 1 heterocycles. The maximum atomic E-state index is 12.3. The minimum Gasteiger partial charge on any atom is -0.411 e. The lowest BCUT2D eigenvalue weighted by molar-refractivity contribution is -0.118. The normalized spacial score (nSPS) is 12.2. The fourth-order valence-electron chi connectivity index (χ4n) is 2.68. The number of nitrogens with zero attached hydrogens (tertiary/aromatic N) is 3. The van der Waals surface area contributed by atoms with E-state index in [1.54, 1.807) is 24.3 Å². The lowest BCUT2D eigenvalue weighted by Crippen LogP contribution is -2.35. The van der Waals surface area contributed by atoms with Gasteiger partial charge >= 0.3 is 0 Å². The predicted octanol–water partition coefficient (Wildman–Crippen LogP) is 4.55. The van der Waals surface area contributed by atoms with Gasteiger partial charge in [-0.2, -0.15) is 0 Å². The van der Waals surface area contributed by atoms with Gasteiger partial charge in [-0.15, -0.1) is 10.2 Å². The van der Waals surface area contributed by atoms with E-state index in [-0.39, 0.29) is 17.7 Å². The third-order valence-corrected chi connectivity index (χ3v) is 5.62. The predicted molar refractivity (Wildman–Crippen MR) is 116 cm³/mol. The fraction of sp³-hybridized carbons (Fsp3) is 0.250. The van der Waals surface area contributed by atoms with Crippen LogP contribution in [0, 0.1) is 0 Å². The zero-order valence-electron chi connectivity index (χ0n) is 15.9. The van der Waals surface area contributed by atoms with Crippen molar-refractivity contribution in [3.8, 4) is 11.5 Å². The molecule has 3 aromatic rings. The summed E-state index contributed by atoms with van der Waals surface area (Å²) in [5.41, 5.74) is 1.74. The van der Waals surface area contributed by atoms with Gasteiger partial charge in [-0.25, -0.2) is 0 Å². The van der Waals surface area contributed by atoms with Crippen LogP contribution in [-0.4, -0.2) is 47.4 Å². The number of likely N-dealkylation sites (N-methyl/N-ethyl adjacent to an activating group) is 1. The quantitative estimate of drug-likeness (QED) is 0.507. The topological polar surface area (TPSA) is 71.3 Å². The molecule has 6 nitrogen and oxygen atoms in total. The lowest BCUT2D eigenvalue weighted by Gasteiger charge is -2.25. The van der Waals surface area contributed by atoms with Gasteiger partial charge in [0, 0.05) is 22.2 Å². The van der Waals surface area contributed by atoms with E-state index < -0.39 is 0 Å². The van der Waals surface area contributed by atoms with Crippen LogP contribution in [0.3, 0.4) is 0 Å². The molecule has 2 aromatic carbocycles. The van der Waals surface area contributed by atoms with E-state index in [2.05, 4.69) is 15.5 Å². The van der Waals surface area contributed by atoms with Gasteiger partial charge in [-0.1, -0.05) is 53.2 Å². The molecule has 1 aromatic heterocycles. The van der Waals surface area contributed by atoms with Gasteiger partial charge < -0.3 is 14.6 Å². The number of hydrogen-bond acceptors (Lipinski definition) is 6. The van der Waals surface area contributed by atoms with Crippen LogP contribution in [-0.2, 0) is 4.79 Å². The monoisotopic (exact) mass is 450 g/mol. The van der Waals surface area contributed by atoms with E-state index in [0.717, 1.165) is 11.1 Å². The molecule has 0 spiro atoms. The molecule has 3 rings (SSSR count). The second kappa shape index (κ2) is 10.1. The zero-order valence-corrected chi connectivity index (χ0v) is 18.3. The molecule has 29 heavy (non-hydrogen) atoms.